The summed E-state index contributed by atoms with van der Waals surface area (Å²) in [6.07, 6.45) is 0. The van der Waals surface area contributed by atoms with Gasteiger partial charge in [0, 0.05) is 37.1 Å². The summed E-state index contributed by atoms with van der Waals surface area (Å²) in [5.41, 5.74) is 0.506. The van der Waals surface area contributed by atoms with Crippen LogP contribution in [0.15, 0.2) is 42.5 Å². The Bertz CT molecular complexity index is 1350. The van der Waals surface area contributed by atoms with Crippen molar-refractivity contribution in [1.82, 2.24) is 20.6 Å². The van der Waals surface area contributed by atoms with Gasteiger partial charge in [-0.15, -0.1) is 0 Å². The van der Waals surface area contributed by atoms with E-state index in [9.17, 15) is 9.50 Å². The third kappa shape index (κ3) is 6.18. The summed E-state index contributed by atoms with van der Waals surface area (Å²) in [7, 11) is 3.75. The molecular weight excluding hydrogens is 500 g/mol. The Balaban J connectivity index is 0.000000711. The highest BCUT2D eigenvalue weighted by Gasteiger charge is 2.24. The van der Waals surface area contributed by atoms with E-state index in [0.717, 1.165) is 23.9 Å². The fraction of sp³-hybridized carbons (Fsp3) is 0.333. The molecule has 3 aromatic carbocycles. The molecule has 0 unspecified atom stereocenters. The van der Waals surface area contributed by atoms with E-state index in [1.54, 1.807) is 12.1 Å². The molecule has 37 heavy (non-hydrogen) atoms. The third-order valence-electron chi connectivity index (χ3n) is 5.56. The van der Waals surface area contributed by atoms with Crippen molar-refractivity contribution in [1.29, 1.82) is 0 Å². The van der Waals surface area contributed by atoms with Crippen LogP contribution in [0.5, 0.6) is 11.8 Å². The summed E-state index contributed by atoms with van der Waals surface area (Å²) in [4.78, 5) is 10.4. The summed E-state index contributed by atoms with van der Waals surface area (Å²) < 4.78 is 33.8. The molecule has 1 saturated heterocycles. The molecule has 0 aliphatic carbocycles. The minimum atomic E-state index is -1.13. The number of phenolic OH excluding ortho intramolecular Hbond substituents is 1. The van der Waals surface area contributed by atoms with Gasteiger partial charge in [0.05, 0.1) is 5.02 Å². The van der Waals surface area contributed by atoms with Crippen molar-refractivity contribution in [3.05, 3.63) is 53.3 Å². The molecule has 5 rings (SSSR count). The van der Waals surface area contributed by atoms with E-state index >= 15 is 4.39 Å². The van der Waals surface area contributed by atoms with Gasteiger partial charge < -0.3 is 25.4 Å². The maximum atomic E-state index is 16.0. The molecule has 1 aromatic heterocycles. The minimum absolute atomic E-state index is 0.0140. The van der Waals surface area contributed by atoms with Crippen molar-refractivity contribution in [3.8, 4) is 22.9 Å². The predicted octanol–water partition coefficient (Wildman–Crippen LogP) is 5.53. The lowest BCUT2D eigenvalue weighted by molar-refractivity contribution is 0.178. The number of benzene rings is 3. The standard InChI is InChI=1S/C23H19ClF2N4O2.C2H7N.C2H6/c24-18-11-17-21(28-23(32-12-25)29-22(17)30-7-5-27-6-8-30)20(26)19(18)16-10-14(31)9-13-3-1-2-4-15(13)16;1-3-2;1-2/h1-4,9-11,27,31H,5-8,12H2;3H,1-2H3;1-2H3. The summed E-state index contributed by atoms with van der Waals surface area (Å²) in [5.74, 6) is -0.265. The van der Waals surface area contributed by atoms with Gasteiger partial charge in [-0.3, -0.25) is 0 Å². The lowest BCUT2D eigenvalue weighted by atomic mass is 9.96. The monoisotopic (exact) mass is 531 g/mol. The first-order chi connectivity index (χ1) is 18.0. The molecule has 0 bridgehead atoms. The normalized spacial score (nSPS) is 13.0. The second kappa shape index (κ2) is 13.3. The molecule has 7 nitrogen and oxygen atoms in total. The molecule has 1 aliphatic rings. The van der Waals surface area contributed by atoms with Crippen molar-refractivity contribution < 1.29 is 18.6 Å². The zero-order valence-electron chi connectivity index (χ0n) is 21.4. The number of fused-ring (bicyclic) bond motifs is 2. The molecule has 1 aliphatic heterocycles. The van der Waals surface area contributed by atoms with Gasteiger partial charge in [0.2, 0.25) is 6.86 Å². The van der Waals surface area contributed by atoms with Crippen LogP contribution in [0.1, 0.15) is 13.8 Å². The fourth-order valence-electron chi connectivity index (χ4n) is 4.14. The van der Waals surface area contributed by atoms with Gasteiger partial charge in [-0.2, -0.15) is 9.97 Å². The number of piperazine rings is 1. The van der Waals surface area contributed by atoms with Crippen LogP contribution in [0, 0.1) is 5.82 Å². The molecule has 0 spiro atoms. The Kier molecular flexibility index (Phi) is 10.2. The van der Waals surface area contributed by atoms with Crippen LogP contribution >= 0.6 is 11.6 Å². The maximum Gasteiger partial charge on any atom is 0.321 e. The van der Waals surface area contributed by atoms with E-state index in [4.69, 9.17) is 16.3 Å². The van der Waals surface area contributed by atoms with E-state index in [-0.39, 0.29) is 27.9 Å². The molecule has 0 saturated carbocycles. The number of nitrogens with zero attached hydrogens (tertiary/aromatic N) is 3. The Morgan fingerprint density at radius 2 is 1.76 bits per heavy atom. The second-order valence-corrected chi connectivity index (χ2v) is 8.39. The lowest BCUT2D eigenvalue weighted by Crippen LogP contribution is -2.44. The number of aromatic hydroxyl groups is 1. The van der Waals surface area contributed by atoms with Gasteiger partial charge in [-0.25, -0.2) is 8.78 Å². The highest BCUT2D eigenvalue weighted by Crippen LogP contribution is 2.42. The van der Waals surface area contributed by atoms with Gasteiger partial charge >= 0.3 is 6.01 Å². The second-order valence-electron chi connectivity index (χ2n) is 7.98. The van der Waals surface area contributed by atoms with Crippen LogP contribution in [0.4, 0.5) is 14.6 Å². The predicted molar refractivity (Wildman–Crippen MR) is 147 cm³/mol. The Morgan fingerprint density at radius 1 is 1.08 bits per heavy atom. The first-order valence-corrected chi connectivity index (χ1v) is 12.5. The summed E-state index contributed by atoms with van der Waals surface area (Å²) in [6.45, 7) is 5.60. The number of anilines is 1. The average molecular weight is 532 g/mol. The summed E-state index contributed by atoms with van der Waals surface area (Å²) >= 11 is 6.61. The number of ether oxygens (including phenoxy) is 1. The molecule has 0 atom stereocenters. The quantitative estimate of drug-likeness (QED) is 0.319. The lowest BCUT2D eigenvalue weighted by Gasteiger charge is -2.29. The van der Waals surface area contributed by atoms with Crippen LogP contribution < -0.4 is 20.3 Å². The molecule has 1 fully saturated rings. The van der Waals surface area contributed by atoms with Crippen LogP contribution in [-0.4, -0.2) is 62.2 Å². The van der Waals surface area contributed by atoms with Gasteiger partial charge in [0.15, 0.2) is 5.82 Å². The van der Waals surface area contributed by atoms with Crippen molar-refractivity contribution in [3.63, 3.8) is 0 Å². The molecule has 198 valence electrons. The zero-order valence-corrected chi connectivity index (χ0v) is 22.2. The molecule has 0 amide bonds. The minimum Gasteiger partial charge on any atom is -0.508 e. The fourth-order valence-corrected chi connectivity index (χ4v) is 4.43. The highest BCUT2D eigenvalue weighted by atomic mass is 35.5. The van der Waals surface area contributed by atoms with E-state index in [2.05, 4.69) is 20.6 Å². The largest absolute Gasteiger partial charge is 0.508 e. The van der Waals surface area contributed by atoms with Crippen LogP contribution in [0.2, 0.25) is 5.02 Å². The van der Waals surface area contributed by atoms with Crippen molar-refractivity contribution >= 4 is 39.1 Å². The smallest absolute Gasteiger partial charge is 0.321 e. The first-order valence-electron chi connectivity index (χ1n) is 12.1. The highest BCUT2D eigenvalue weighted by molar-refractivity contribution is 6.35. The van der Waals surface area contributed by atoms with E-state index in [1.165, 1.54) is 6.07 Å². The molecule has 3 N–H and O–H groups in total. The van der Waals surface area contributed by atoms with Gasteiger partial charge in [-0.1, -0.05) is 49.7 Å². The first kappa shape index (κ1) is 28.3. The Labute approximate surface area is 220 Å². The molecule has 4 aromatic rings. The van der Waals surface area contributed by atoms with E-state index in [1.807, 2.05) is 57.1 Å². The summed E-state index contributed by atoms with van der Waals surface area (Å²) in [5, 5.41) is 18.3. The number of aromatic nitrogens is 2. The molecule has 0 radical (unpaired) electrons. The molecular formula is C27H32ClF2N5O2. The number of halogens is 3. The van der Waals surface area contributed by atoms with Crippen LogP contribution in [0.25, 0.3) is 32.8 Å². The van der Waals surface area contributed by atoms with E-state index in [0.29, 0.717) is 29.9 Å². The van der Waals surface area contributed by atoms with Crippen molar-refractivity contribution in [2.24, 2.45) is 0 Å². The Morgan fingerprint density at radius 3 is 2.43 bits per heavy atom. The summed E-state index contributed by atoms with van der Waals surface area (Å²) in [6, 6.07) is 11.7. The number of hydrogen-bond acceptors (Lipinski definition) is 7. The van der Waals surface area contributed by atoms with Gasteiger partial charge in [0.25, 0.3) is 0 Å². The SMILES string of the molecule is CC.CNC.Oc1cc(-c2c(Cl)cc3c(N4CCNCC4)nc(OCF)nc3c2F)c2ccccc2c1. The number of nitrogens with one attached hydrogen (secondary N) is 2. The zero-order chi connectivity index (χ0) is 26.9. The third-order valence-corrected chi connectivity index (χ3v) is 5.86. The molecule has 2 heterocycles. The number of phenols is 1. The van der Waals surface area contributed by atoms with Crippen molar-refractivity contribution in [2.45, 2.75) is 13.8 Å². The molecule has 10 heteroatoms. The average Bonchev–Trinajstić information content (AvgIpc) is 2.91. The van der Waals surface area contributed by atoms with Gasteiger partial charge in [-0.05, 0) is 48.6 Å². The van der Waals surface area contributed by atoms with E-state index < -0.39 is 12.7 Å². The number of rotatable bonds is 4. The number of hydrogen-bond donors (Lipinski definition) is 3. The maximum absolute atomic E-state index is 16.0. The topological polar surface area (TPSA) is 82.5 Å². The van der Waals surface area contributed by atoms with Crippen LogP contribution in [-0.2, 0) is 0 Å². The van der Waals surface area contributed by atoms with Gasteiger partial charge in [0.1, 0.15) is 17.1 Å². The van der Waals surface area contributed by atoms with Crippen LogP contribution in [0.3, 0.4) is 0 Å². The van der Waals surface area contributed by atoms with Crippen molar-refractivity contribution in [2.75, 3.05) is 52.0 Å². The Hall–Kier alpha value is -3.27. The number of alkyl halides is 1.